The van der Waals surface area contributed by atoms with E-state index >= 15 is 0 Å². The zero-order valence-corrected chi connectivity index (χ0v) is 16.1. The molecular weight excluding hydrogens is 343 g/mol. The Kier molecular flexibility index (Phi) is 6.58. The van der Waals surface area contributed by atoms with Crippen molar-refractivity contribution >= 4 is 29.9 Å². The summed E-state index contributed by atoms with van der Waals surface area (Å²) in [6.45, 7) is 6.80. The number of hydrogen-bond acceptors (Lipinski definition) is 2. The number of likely N-dealkylation sites (tertiary alicyclic amines) is 1. The number of nitrogens with one attached hydrogen (secondary N) is 1. The predicted octanol–water partition coefficient (Wildman–Crippen LogP) is 4.03. The topological polar surface area (TPSA) is 32.3 Å². The fraction of sp³-hybridized carbons (Fsp3) is 0.632. The van der Waals surface area contributed by atoms with Gasteiger partial charge in [-0.25, -0.2) is 0 Å². The van der Waals surface area contributed by atoms with Gasteiger partial charge in [0, 0.05) is 24.2 Å². The lowest BCUT2D eigenvalue weighted by atomic mass is 9.82. The normalized spacial score (nSPS) is 19.0. The quantitative estimate of drug-likeness (QED) is 0.848. The number of hydrogen-bond donors (Lipinski definition) is 1. The van der Waals surface area contributed by atoms with E-state index in [2.05, 4.69) is 5.32 Å². The van der Waals surface area contributed by atoms with Gasteiger partial charge in [0.2, 0.25) is 5.91 Å². The molecule has 1 amide bonds. The molecule has 1 saturated carbocycles. The van der Waals surface area contributed by atoms with Crippen LogP contribution in [0.4, 0.5) is 0 Å². The smallest absolute Gasteiger partial charge is 0.232 e. The number of nitrogens with zero attached hydrogens (tertiary/aromatic N) is 1. The largest absolute Gasteiger partial charge is 0.342 e. The van der Waals surface area contributed by atoms with Gasteiger partial charge in [-0.1, -0.05) is 29.8 Å². The van der Waals surface area contributed by atoms with Crippen molar-refractivity contribution in [2.45, 2.75) is 51.0 Å². The van der Waals surface area contributed by atoms with Crippen LogP contribution in [0.2, 0.25) is 5.02 Å². The average Bonchev–Trinajstić information content (AvgIpc) is 3.37. The molecule has 3 rings (SSSR count). The van der Waals surface area contributed by atoms with Gasteiger partial charge in [-0.15, -0.1) is 12.4 Å². The summed E-state index contributed by atoms with van der Waals surface area (Å²) in [6, 6.07) is 8.25. The number of piperidine rings is 1. The molecule has 0 radical (unpaired) electrons. The Morgan fingerprint density at radius 1 is 1.21 bits per heavy atom. The van der Waals surface area contributed by atoms with Gasteiger partial charge < -0.3 is 10.2 Å². The van der Waals surface area contributed by atoms with E-state index in [-0.39, 0.29) is 18.3 Å². The van der Waals surface area contributed by atoms with Gasteiger partial charge >= 0.3 is 0 Å². The van der Waals surface area contributed by atoms with Gasteiger partial charge in [-0.2, -0.15) is 0 Å². The summed E-state index contributed by atoms with van der Waals surface area (Å²) in [7, 11) is 0. The zero-order chi connectivity index (χ0) is 16.4. The predicted molar refractivity (Wildman–Crippen MR) is 102 cm³/mol. The second-order valence-electron chi connectivity index (χ2n) is 7.52. The van der Waals surface area contributed by atoms with Crippen molar-refractivity contribution in [3.63, 3.8) is 0 Å². The van der Waals surface area contributed by atoms with Crippen LogP contribution >= 0.6 is 24.0 Å². The first-order valence-corrected chi connectivity index (χ1v) is 9.14. The maximum atomic E-state index is 13.0. The lowest BCUT2D eigenvalue weighted by molar-refractivity contribution is -0.137. The Hall–Kier alpha value is -0.770. The Morgan fingerprint density at radius 3 is 2.42 bits per heavy atom. The first kappa shape index (κ1) is 19.6. The van der Waals surface area contributed by atoms with E-state index in [4.69, 9.17) is 11.6 Å². The molecule has 2 aliphatic rings. The van der Waals surface area contributed by atoms with Gasteiger partial charge in [-0.05, 0) is 63.6 Å². The van der Waals surface area contributed by atoms with Crippen molar-refractivity contribution in [2.75, 3.05) is 19.6 Å². The summed E-state index contributed by atoms with van der Waals surface area (Å²) >= 11 is 6.31. The molecular formula is C19H28Cl2N2O. The van der Waals surface area contributed by atoms with Crippen LogP contribution in [-0.2, 0) is 10.2 Å². The second kappa shape index (κ2) is 8.07. The molecule has 134 valence electrons. The summed E-state index contributed by atoms with van der Waals surface area (Å²) in [5.74, 6) is 1.10. The minimum Gasteiger partial charge on any atom is -0.342 e. The lowest BCUT2D eigenvalue weighted by Gasteiger charge is -2.37. The molecule has 1 aliphatic heterocycles. The van der Waals surface area contributed by atoms with Crippen LogP contribution in [0.3, 0.4) is 0 Å². The fourth-order valence-electron chi connectivity index (χ4n) is 3.42. The van der Waals surface area contributed by atoms with E-state index in [1.807, 2.05) is 43.0 Å². The Bertz CT molecular complexity index is 564. The molecule has 0 spiro atoms. The number of carbonyl (C=O) groups excluding carboxylic acids is 1. The lowest BCUT2D eigenvalue weighted by Crippen LogP contribution is -2.50. The number of halogens is 2. The highest BCUT2D eigenvalue weighted by Crippen LogP contribution is 2.32. The summed E-state index contributed by atoms with van der Waals surface area (Å²) in [5.41, 5.74) is 0.341. The van der Waals surface area contributed by atoms with E-state index in [0.29, 0.717) is 11.1 Å². The Morgan fingerprint density at radius 2 is 1.83 bits per heavy atom. The molecule has 0 aromatic heterocycles. The molecule has 5 heteroatoms. The highest BCUT2D eigenvalue weighted by Gasteiger charge is 2.36. The standard InChI is InChI=1S/C19H27ClN2O.ClH/c1-19(2,16-5-3-4-6-17(16)20)18(23)22-11-9-15(10-12-22)21-13-14-7-8-14;/h3-6,14-15,21H,7-13H2,1-2H3;1H. The number of amides is 1. The van der Waals surface area contributed by atoms with Crippen molar-refractivity contribution < 1.29 is 4.79 Å². The monoisotopic (exact) mass is 370 g/mol. The number of benzene rings is 1. The summed E-state index contributed by atoms with van der Waals surface area (Å²) < 4.78 is 0. The van der Waals surface area contributed by atoms with Crippen LogP contribution in [0, 0.1) is 5.92 Å². The number of rotatable bonds is 5. The van der Waals surface area contributed by atoms with Gasteiger partial charge in [0.15, 0.2) is 0 Å². The molecule has 24 heavy (non-hydrogen) atoms. The third-order valence-corrected chi connectivity index (χ3v) is 5.59. The molecule has 3 nitrogen and oxygen atoms in total. The maximum Gasteiger partial charge on any atom is 0.232 e. The van der Waals surface area contributed by atoms with Crippen LogP contribution < -0.4 is 5.32 Å². The van der Waals surface area contributed by atoms with Crippen LogP contribution in [-0.4, -0.2) is 36.5 Å². The molecule has 1 aromatic rings. The highest BCUT2D eigenvalue weighted by atomic mass is 35.5. The van der Waals surface area contributed by atoms with E-state index in [9.17, 15) is 4.79 Å². The van der Waals surface area contributed by atoms with Crippen LogP contribution in [0.15, 0.2) is 24.3 Å². The molecule has 0 bridgehead atoms. The van der Waals surface area contributed by atoms with Crippen molar-refractivity contribution in [1.82, 2.24) is 10.2 Å². The van der Waals surface area contributed by atoms with Gasteiger partial charge in [0.05, 0.1) is 5.41 Å². The van der Waals surface area contributed by atoms with Crippen LogP contribution in [0.1, 0.15) is 45.1 Å². The first-order valence-electron chi connectivity index (χ1n) is 8.76. The molecule has 1 heterocycles. The van der Waals surface area contributed by atoms with Crippen molar-refractivity contribution in [3.8, 4) is 0 Å². The molecule has 1 N–H and O–H groups in total. The zero-order valence-electron chi connectivity index (χ0n) is 14.6. The third kappa shape index (κ3) is 4.44. The van der Waals surface area contributed by atoms with E-state index in [1.54, 1.807) is 0 Å². The molecule has 1 saturated heterocycles. The van der Waals surface area contributed by atoms with E-state index in [0.717, 1.165) is 44.0 Å². The second-order valence-corrected chi connectivity index (χ2v) is 7.93. The molecule has 2 fully saturated rings. The van der Waals surface area contributed by atoms with Gasteiger partial charge in [-0.3, -0.25) is 4.79 Å². The third-order valence-electron chi connectivity index (χ3n) is 5.26. The maximum absolute atomic E-state index is 13.0. The molecule has 0 unspecified atom stereocenters. The average molecular weight is 371 g/mol. The minimum absolute atomic E-state index is 0. The number of carbonyl (C=O) groups is 1. The minimum atomic E-state index is -0.577. The highest BCUT2D eigenvalue weighted by molar-refractivity contribution is 6.31. The summed E-state index contributed by atoms with van der Waals surface area (Å²) in [6.07, 6.45) is 4.88. The fourth-order valence-corrected chi connectivity index (χ4v) is 3.79. The van der Waals surface area contributed by atoms with E-state index in [1.165, 1.54) is 12.8 Å². The van der Waals surface area contributed by atoms with Crippen LogP contribution in [0.5, 0.6) is 0 Å². The van der Waals surface area contributed by atoms with E-state index < -0.39 is 5.41 Å². The Labute approximate surface area is 156 Å². The van der Waals surface area contributed by atoms with Crippen LogP contribution in [0.25, 0.3) is 0 Å². The Balaban J connectivity index is 0.00000208. The molecule has 0 atom stereocenters. The summed E-state index contributed by atoms with van der Waals surface area (Å²) in [5, 5.41) is 4.34. The van der Waals surface area contributed by atoms with Gasteiger partial charge in [0.25, 0.3) is 0 Å². The van der Waals surface area contributed by atoms with Gasteiger partial charge in [0.1, 0.15) is 0 Å². The SMILES string of the molecule is CC(C)(C(=O)N1CCC(NCC2CC2)CC1)c1ccccc1Cl.Cl. The first-order chi connectivity index (χ1) is 11.0. The molecule has 1 aliphatic carbocycles. The summed E-state index contributed by atoms with van der Waals surface area (Å²) in [4.78, 5) is 15.0. The van der Waals surface area contributed by atoms with Crippen molar-refractivity contribution in [3.05, 3.63) is 34.9 Å². The molecule has 1 aromatic carbocycles. The van der Waals surface area contributed by atoms with Crippen molar-refractivity contribution in [1.29, 1.82) is 0 Å². The van der Waals surface area contributed by atoms with Crippen molar-refractivity contribution in [2.24, 2.45) is 5.92 Å².